The highest BCUT2D eigenvalue weighted by atomic mass is 32.2. The van der Waals surface area contributed by atoms with Crippen molar-refractivity contribution in [3.05, 3.63) is 58.7 Å². The number of anilines is 1. The van der Waals surface area contributed by atoms with E-state index >= 15 is 0 Å². The molecular formula is C20H21FN4OS2. The van der Waals surface area contributed by atoms with Crippen LogP contribution in [-0.2, 0) is 6.54 Å². The summed E-state index contributed by atoms with van der Waals surface area (Å²) in [4.78, 5) is 12.7. The molecule has 5 nitrogen and oxygen atoms in total. The molecule has 2 aromatic heterocycles. The van der Waals surface area contributed by atoms with Gasteiger partial charge in [0.05, 0.1) is 5.75 Å². The molecule has 3 aromatic rings. The smallest absolute Gasteiger partial charge is 0.206 e. The van der Waals surface area contributed by atoms with Gasteiger partial charge < -0.3 is 9.88 Å². The Morgan fingerprint density at radius 2 is 2.04 bits per heavy atom. The van der Waals surface area contributed by atoms with E-state index in [4.69, 9.17) is 0 Å². The Labute approximate surface area is 171 Å². The number of halogens is 1. The van der Waals surface area contributed by atoms with Crippen molar-refractivity contribution in [2.45, 2.75) is 43.6 Å². The molecule has 28 heavy (non-hydrogen) atoms. The maximum Gasteiger partial charge on any atom is 0.206 e. The van der Waals surface area contributed by atoms with Crippen molar-refractivity contribution < 1.29 is 9.18 Å². The van der Waals surface area contributed by atoms with Crippen molar-refractivity contribution in [3.63, 3.8) is 0 Å². The minimum Gasteiger partial charge on any atom is -0.356 e. The molecular weight excluding hydrogens is 395 g/mol. The lowest BCUT2D eigenvalue weighted by Crippen LogP contribution is -2.05. The number of aromatic nitrogens is 3. The molecule has 0 saturated heterocycles. The Bertz CT molecular complexity index is 992. The fourth-order valence-electron chi connectivity index (χ4n) is 3.28. The molecule has 0 spiro atoms. The van der Waals surface area contributed by atoms with Crippen LogP contribution in [0.5, 0.6) is 0 Å². The summed E-state index contributed by atoms with van der Waals surface area (Å²) in [6, 6.07) is 8.92. The highest BCUT2D eigenvalue weighted by Gasteiger charge is 2.28. The van der Waals surface area contributed by atoms with Gasteiger partial charge in [-0.3, -0.25) is 4.79 Å². The first-order valence-corrected chi connectivity index (χ1v) is 11.0. The third kappa shape index (κ3) is 4.28. The number of nitrogens with one attached hydrogen (secondary N) is 1. The molecule has 2 heterocycles. The average Bonchev–Trinajstić information content (AvgIpc) is 3.32. The number of benzene rings is 1. The average molecular weight is 417 g/mol. The molecule has 0 atom stereocenters. The van der Waals surface area contributed by atoms with E-state index < -0.39 is 0 Å². The fraction of sp³-hybridized carbons (Fsp3) is 0.350. The maximum atomic E-state index is 12.9. The van der Waals surface area contributed by atoms with Crippen molar-refractivity contribution in [2.24, 2.45) is 0 Å². The van der Waals surface area contributed by atoms with E-state index in [-0.39, 0.29) is 11.6 Å². The van der Waals surface area contributed by atoms with Crippen LogP contribution in [0.1, 0.15) is 46.2 Å². The lowest BCUT2D eigenvalue weighted by Gasteiger charge is -2.07. The molecule has 0 amide bonds. The molecule has 1 fully saturated rings. The van der Waals surface area contributed by atoms with Crippen molar-refractivity contribution in [3.8, 4) is 0 Å². The topological polar surface area (TPSA) is 59.8 Å². The van der Waals surface area contributed by atoms with Gasteiger partial charge in [0.2, 0.25) is 5.13 Å². The number of ketones is 1. The molecule has 1 N–H and O–H groups in total. The van der Waals surface area contributed by atoms with E-state index in [0.29, 0.717) is 23.5 Å². The zero-order chi connectivity index (χ0) is 19.7. The summed E-state index contributed by atoms with van der Waals surface area (Å²) in [6.07, 6.45) is 2.41. The lowest BCUT2D eigenvalue weighted by molar-refractivity contribution is 0.102. The van der Waals surface area contributed by atoms with E-state index in [9.17, 15) is 9.18 Å². The first-order chi connectivity index (χ1) is 13.5. The predicted octanol–water partition coefficient (Wildman–Crippen LogP) is 5.02. The minimum atomic E-state index is -0.249. The standard InChI is InChI=1S/C20H21FN4OS2/c1-12-9-17(13(2)25(12)16-7-8-16)18(26)11-27-20-24-23-19(28-20)22-10-14-3-5-15(21)6-4-14/h3-6,9,16H,7-8,10-11H2,1-2H3,(H,22,23). The van der Waals surface area contributed by atoms with Gasteiger partial charge in [-0.2, -0.15) is 0 Å². The summed E-state index contributed by atoms with van der Waals surface area (Å²) in [5.74, 6) is 0.226. The van der Waals surface area contributed by atoms with Gasteiger partial charge in [-0.1, -0.05) is 35.2 Å². The van der Waals surface area contributed by atoms with Crippen molar-refractivity contribution in [2.75, 3.05) is 11.1 Å². The summed E-state index contributed by atoms with van der Waals surface area (Å²) < 4.78 is 16.0. The van der Waals surface area contributed by atoms with Gasteiger partial charge in [0, 0.05) is 29.5 Å². The molecule has 146 valence electrons. The van der Waals surface area contributed by atoms with Gasteiger partial charge in [-0.25, -0.2) is 4.39 Å². The van der Waals surface area contributed by atoms with Gasteiger partial charge >= 0.3 is 0 Å². The molecule has 1 aromatic carbocycles. The van der Waals surface area contributed by atoms with E-state index in [1.54, 1.807) is 12.1 Å². The van der Waals surface area contributed by atoms with Crippen LogP contribution in [0.2, 0.25) is 0 Å². The van der Waals surface area contributed by atoms with Crippen LogP contribution < -0.4 is 5.32 Å². The number of Topliss-reactive ketones (excluding diaryl/α,β-unsaturated/α-hetero) is 1. The molecule has 8 heteroatoms. The Balaban J connectivity index is 1.32. The quantitative estimate of drug-likeness (QED) is 0.413. The summed E-state index contributed by atoms with van der Waals surface area (Å²) >= 11 is 2.83. The summed E-state index contributed by atoms with van der Waals surface area (Å²) in [5, 5.41) is 12.1. The highest BCUT2D eigenvalue weighted by Crippen LogP contribution is 2.38. The van der Waals surface area contributed by atoms with E-state index in [2.05, 4.69) is 27.0 Å². The molecule has 0 aliphatic heterocycles. The summed E-state index contributed by atoms with van der Waals surface area (Å²) in [6.45, 7) is 4.65. The minimum absolute atomic E-state index is 0.126. The Hall–Kier alpha value is -2.19. The first kappa shape index (κ1) is 19.1. The van der Waals surface area contributed by atoms with Crippen LogP contribution in [0.3, 0.4) is 0 Å². The number of hydrogen-bond donors (Lipinski definition) is 1. The zero-order valence-corrected chi connectivity index (χ0v) is 17.4. The van der Waals surface area contributed by atoms with Crippen LogP contribution in [0.25, 0.3) is 0 Å². The van der Waals surface area contributed by atoms with E-state index in [0.717, 1.165) is 26.9 Å². The molecule has 1 aliphatic rings. The number of carbonyl (C=O) groups excluding carboxylic acids is 1. The Morgan fingerprint density at radius 1 is 1.29 bits per heavy atom. The van der Waals surface area contributed by atoms with Gasteiger partial charge in [0.15, 0.2) is 10.1 Å². The van der Waals surface area contributed by atoms with Crippen molar-refractivity contribution in [1.29, 1.82) is 0 Å². The predicted molar refractivity (Wildman–Crippen MR) is 111 cm³/mol. The second-order valence-corrected chi connectivity index (χ2v) is 9.15. The maximum absolute atomic E-state index is 12.9. The molecule has 0 radical (unpaired) electrons. The van der Waals surface area contributed by atoms with Crippen molar-refractivity contribution >= 4 is 34.0 Å². The van der Waals surface area contributed by atoms with Gasteiger partial charge in [-0.05, 0) is 50.5 Å². The number of hydrogen-bond acceptors (Lipinski definition) is 6. The highest BCUT2D eigenvalue weighted by molar-refractivity contribution is 8.01. The van der Waals surface area contributed by atoms with Crippen LogP contribution >= 0.6 is 23.1 Å². The number of rotatable bonds is 8. The molecule has 0 unspecified atom stereocenters. The number of thioether (sulfide) groups is 1. The molecule has 1 aliphatic carbocycles. The van der Waals surface area contributed by atoms with Crippen molar-refractivity contribution in [1.82, 2.24) is 14.8 Å². The first-order valence-electron chi connectivity index (χ1n) is 9.17. The molecule has 1 saturated carbocycles. The summed E-state index contributed by atoms with van der Waals surface area (Å²) in [7, 11) is 0. The molecule has 4 rings (SSSR count). The van der Waals surface area contributed by atoms with Crippen LogP contribution in [0, 0.1) is 19.7 Å². The third-order valence-corrected chi connectivity index (χ3v) is 6.80. The Morgan fingerprint density at radius 3 is 2.75 bits per heavy atom. The van der Waals surface area contributed by atoms with Crippen LogP contribution in [0.4, 0.5) is 9.52 Å². The third-order valence-electron chi connectivity index (χ3n) is 4.79. The zero-order valence-electron chi connectivity index (χ0n) is 15.7. The number of aryl methyl sites for hydroxylation is 1. The monoisotopic (exact) mass is 416 g/mol. The largest absolute Gasteiger partial charge is 0.356 e. The summed E-state index contributed by atoms with van der Waals surface area (Å²) in [5.41, 5.74) is 4.02. The van der Waals surface area contributed by atoms with E-state index in [1.165, 1.54) is 48.1 Å². The van der Waals surface area contributed by atoms with Crippen LogP contribution in [0.15, 0.2) is 34.7 Å². The van der Waals surface area contributed by atoms with Gasteiger partial charge in [0.1, 0.15) is 5.82 Å². The van der Waals surface area contributed by atoms with Crippen LogP contribution in [-0.4, -0.2) is 26.3 Å². The second-order valence-electron chi connectivity index (χ2n) is 6.95. The number of carbonyl (C=O) groups is 1. The van der Waals surface area contributed by atoms with Gasteiger partial charge in [0.25, 0.3) is 0 Å². The Kier molecular flexibility index (Phi) is 5.50. The number of nitrogens with zero attached hydrogens (tertiary/aromatic N) is 3. The molecule has 0 bridgehead atoms. The fourth-order valence-corrected chi connectivity index (χ4v) is 4.91. The normalized spacial score (nSPS) is 13.7. The van der Waals surface area contributed by atoms with E-state index in [1.807, 2.05) is 13.0 Å². The lowest BCUT2D eigenvalue weighted by atomic mass is 10.2. The second kappa shape index (κ2) is 8.05. The van der Waals surface area contributed by atoms with Gasteiger partial charge in [-0.15, -0.1) is 10.2 Å². The SMILES string of the molecule is Cc1cc(C(=O)CSc2nnc(NCc3ccc(F)cc3)s2)c(C)n1C1CC1.